The summed E-state index contributed by atoms with van der Waals surface area (Å²) < 4.78 is 28.9. The molecule has 0 aliphatic heterocycles. The second-order valence-electron chi connectivity index (χ2n) is 4.58. The van der Waals surface area contributed by atoms with Crippen LogP contribution in [0.2, 0.25) is 0 Å². The highest BCUT2D eigenvalue weighted by Gasteiger charge is 2.20. The highest BCUT2D eigenvalue weighted by Crippen LogP contribution is 2.28. The van der Waals surface area contributed by atoms with E-state index in [1.807, 2.05) is 18.4 Å². The standard InChI is InChI=1S/C15H16BrF2NS/c1-2-6-19-14(8-11-7-10(16)9-20-11)15-12(17)4-3-5-13(15)18/h3-5,7,9,14,19H,2,6,8H2,1H3. The topological polar surface area (TPSA) is 12.0 Å². The van der Waals surface area contributed by atoms with E-state index >= 15 is 0 Å². The van der Waals surface area contributed by atoms with Gasteiger partial charge in [0.1, 0.15) is 11.6 Å². The number of benzene rings is 1. The lowest BCUT2D eigenvalue weighted by molar-refractivity contribution is 0.466. The molecule has 1 unspecified atom stereocenters. The molecule has 0 aliphatic carbocycles. The van der Waals surface area contributed by atoms with E-state index < -0.39 is 11.6 Å². The summed E-state index contributed by atoms with van der Waals surface area (Å²) in [4.78, 5) is 1.09. The normalized spacial score (nSPS) is 12.6. The molecule has 1 aromatic carbocycles. The quantitative estimate of drug-likeness (QED) is 0.758. The largest absolute Gasteiger partial charge is 0.309 e. The lowest BCUT2D eigenvalue weighted by Crippen LogP contribution is -2.25. The first-order valence-electron chi connectivity index (χ1n) is 6.52. The molecule has 0 spiro atoms. The van der Waals surface area contributed by atoms with Gasteiger partial charge in [0.2, 0.25) is 0 Å². The van der Waals surface area contributed by atoms with E-state index in [0.717, 1.165) is 22.3 Å². The van der Waals surface area contributed by atoms with Gasteiger partial charge in [0.05, 0.1) is 0 Å². The Morgan fingerprint density at radius 2 is 2.00 bits per heavy atom. The second kappa shape index (κ2) is 7.29. The molecule has 0 radical (unpaired) electrons. The Labute approximate surface area is 130 Å². The number of rotatable bonds is 6. The predicted octanol–water partition coefficient (Wildman–Crippen LogP) is 5.07. The number of nitrogens with one attached hydrogen (secondary N) is 1. The van der Waals surface area contributed by atoms with Crippen molar-refractivity contribution in [1.29, 1.82) is 0 Å². The first-order chi connectivity index (χ1) is 9.61. The third-order valence-electron chi connectivity index (χ3n) is 3.02. The third-order valence-corrected chi connectivity index (χ3v) is 4.74. The Balaban J connectivity index is 2.27. The summed E-state index contributed by atoms with van der Waals surface area (Å²) in [6, 6.07) is 5.66. The van der Waals surface area contributed by atoms with Crippen LogP contribution < -0.4 is 5.32 Å². The maximum Gasteiger partial charge on any atom is 0.130 e. The zero-order valence-electron chi connectivity index (χ0n) is 11.1. The Bertz CT molecular complexity index is 551. The Morgan fingerprint density at radius 3 is 2.55 bits per heavy atom. The number of thiophene rings is 1. The average Bonchev–Trinajstić information content (AvgIpc) is 2.81. The van der Waals surface area contributed by atoms with Gasteiger partial charge in [-0.1, -0.05) is 13.0 Å². The molecule has 2 rings (SSSR count). The number of hydrogen-bond acceptors (Lipinski definition) is 2. The summed E-state index contributed by atoms with van der Waals surface area (Å²) >= 11 is 4.99. The van der Waals surface area contributed by atoms with Crippen molar-refractivity contribution in [2.45, 2.75) is 25.8 Å². The highest BCUT2D eigenvalue weighted by atomic mass is 79.9. The minimum Gasteiger partial charge on any atom is -0.309 e. The molecule has 2 aromatic rings. The number of halogens is 3. The molecule has 0 aliphatic rings. The maximum atomic E-state index is 13.9. The SMILES string of the molecule is CCCNC(Cc1cc(Br)cs1)c1c(F)cccc1F. The fraction of sp³-hybridized carbons (Fsp3) is 0.333. The van der Waals surface area contributed by atoms with Crippen molar-refractivity contribution in [3.63, 3.8) is 0 Å². The van der Waals surface area contributed by atoms with Crippen molar-refractivity contribution in [2.24, 2.45) is 0 Å². The Kier molecular flexibility index (Phi) is 5.69. The van der Waals surface area contributed by atoms with E-state index in [-0.39, 0.29) is 11.6 Å². The predicted molar refractivity (Wildman–Crippen MR) is 83.1 cm³/mol. The van der Waals surface area contributed by atoms with Gasteiger partial charge < -0.3 is 5.32 Å². The highest BCUT2D eigenvalue weighted by molar-refractivity contribution is 9.10. The van der Waals surface area contributed by atoms with Gasteiger partial charge in [-0.25, -0.2) is 8.78 Å². The van der Waals surface area contributed by atoms with E-state index in [1.165, 1.54) is 18.2 Å². The molecule has 0 amide bonds. The van der Waals surface area contributed by atoms with Crippen LogP contribution in [0, 0.1) is 11.6 Å². The molecular weight excluding hydrogens is 344 g/mol. The Hall–Kier alpha value is -0.780. The van der Waals surface area contributed by atoms with Gasteiger partial charge in [0.15, 0.2) is 0 Å². The molecule has 0 saturated heterocycles. The van der Waals surface area contributed by atoms with E-state index in [4.69, 9.17) is 0 Å². The van der Waals surface area contributed by atoms with Crippen molar-refractivity contribution in [3.05, 3.63) is 56.2 Å². The molecule has 1 N–H and O–H groups in total. The summed E-state index contributed by atoms with van der Waals surface area (Å²) in [6.45, 7) is 2.76. The lowest BCUT2D eigenvalue weighted by Gasteiger charge is -2.19. The molecule has 0 fully saturated rings. The molecule has 5 heteroatoms. The molecule has 1 heterocycles. The molecule has 20 heavy (non-hydrogen) atoms. The van der Waals surface area contributed by atoms with Crippen LogP contribution in [0.5, 0.6) is 0 Å². The van der Waals surface area contributed by atoms with Gasteiger partial charge in [0, 0.05) is 32.8 Å². The summed E-state index contributed by atoms with van der Waals surface area (Å²) in [5.74, 6) is -0.983. The van der Waals surface area contributed by atoms with Crippen molar-refractivity contribution >= 4 is 27.3 Å². The third kappa shape index (κ3) is 3.87. The number of hydrogen-bond donors (Lipinski definition) is 1. The fourth-order valence-corrected chi connectivity index (χ4v) is 3.60. The van der Waals surface area contributed by atoms with Crippen LogP contribution in [-0.4, -0.2) is 6.54 Å². The lowest BCUT2D eigenvalue weighted by atomic mass is 10.0. The zero-order chi connectivity index (χ0) is 14.5. The van der Waals surface area contributed by atoms with Crippen molar-refractivity contribution in [1.82, 2.24) is 5.32 Å². The second-order valence-corrected chi connectivity index (χ2v) is 6.49. The minimum absolute atomic E-state index is 0.130. The van der Waals surface area contributed by atoms with Crippen LogP contribution in [-0.2, 0) is 6.42 Å². The van der Waals surface area contributed by atoms with E-state index in [0.29, 0.717) is 6.42 Å². The summed E-state index contributed by atoms with van der Waals surface area (Å²) in [6.07, 6.45) is 1.49. The fourth-order valence-electron chi connectivity index (χ4n) is 2.10. The average molecular weight is 360 g/mol. The molecule has 1 atom stereocenters. The molecule has 1 aromatic heterocycles. The van der Waals surface area contributed by atoms with Crippen LogP contribution in [0.1, 0.15) is 29.8 Å². The first kappa shape index (κ1) is 15.6. The maximum absolute atomic E-state index is 13.9. The summed E-state index contributed by atoms with van der Waals surface area (Å²) in [5, 5.41) is 5.21. The van der Waals surface area contributed by atoms with Crippen molar-refractivity contribution < 1.29 is 8.78 Å². The zero-order valence-corrected chi connectivity index (χ0v) is 13.5. The molecule has 1 nitrogen and oxygen atoms in total. The molecule has 108 valence electrons. The summed E-state index contributed by atoms with van der Waals surface area (Å²) in [7, 11) is 0. The van der Waals surface area contributed by atoms with Gasteiger partial charge >= 0.3 is 0 Å². The van der Waals surface area contributed by atoms with E-state index in [1.54, 1.807) is 11.3 Å². The minimum atomic E-state index is -0.491. The first-order valence-corrected chi connectivity index (χ1v) is 8.19. The van der Waals surface area contributed by atoms with Crippen LogP contribution in [0.4, 0.5) is 8.78 Å². The van der Waals surface area contributed by atoms with E-state index in [9.17, 15) is 8.78 Å². The molecule has 0 saturated carbocycles. The Morgan fingerprint density at radius 1 is 1.30 bits per heavy atom. The van der Waals surface area contributed by atoms with Crippen LogP contribution in [0.3, 0.4) is 0 Å². The van der Waals surface area contributed by atoms with Crippen LogP contribution >= 0.6 is 27.3 Å². The van der Waals surface area contributed by atoms with Crippen molar-refractivity contribution in [2.75, 3.05) is 6.54 Å². The van der Waals surface area contributed by atoms with E-state index in [2.05, 4.69) is 21.2 Å². The van der Waals surface area contributed by atoms with Crippen LogP contribution in [0.25, 0.3) is 0 Å². The van der Waals surface area contributed by atoms with Gasteiger partial charge in [-0.15, -0.1) is 11.3 Å². The van der Waals surface area contributed by atoms with Crippen LogP contribution in [0.15, 0.2) is 34.1 Å². The van der Waals surface area contributed by atoms with Gasteiger partial charge in [-0.05, 0) is 47.1 Å². The molecule has 0 bridgehead atoms. The smallest absolute Gasteiger partial charge is 0.130 e. The summed E-state index contributed by atoms with van der Waals surface area (Å²) in [5.41, 5.74) is 0.130. The van der Waals surface area contributed by atoms with Crippen molar-refractivity contribution in [3.8, 4) is 0 Å². The molecular formula is C15H16BrF2NS. The monoisotopic (exact) mass is 359 g/mol. The van der Waals surface area contributed by atoms with Gasteiger partial charge in [-0.2, -0.15) is 0 Å². The van der Waals surface area contributed by atoms with Gasteiger partial charge in [0.25, 0.3) is 0 Å². The van der Waals surface area contributed by atoms with Gasteiger partial charge in [-0.3, -0.25) is 0 Å².